The molecule has 0 aromatic carbocycles. The number of nitrogens with one attached hydrogen (secondary N) is 1. The van der Waals surface area contributed by atoms with Gasteiger partial charge in [0.05, 0.1) is 6.61 Å². The summed E-state index contributed by atoms with van der Waals surface area (Å²) in [6, 6.07) is 4.22. The molecule has 2 rings (SSSR count). The van der Waals surface area contributed by atoms with Gasteiger partial charge in [0, 0.05) is 51.6 Å². The second-order valence-electron chi connectivity index (χ2n) is 6.29. The van der Waals surface area contributed by atoms with Gasteiger partial charge in [0.15, 0.2) is 5.96 Å². The van der Waals surface area contributed by atoms with Crippen molar-refractivity contribution in [1.82, 2.24) is 15.1 Å². The number of likely N-dealkylation sites (N-methyl/N-ethyl adjacent to an activating group) is 2. The van der Waals surface area contributed by atoms with Crippen LogP contribution in [0.25, 0.3) is 0 Å². The molecule has 6 nitrogen and oxygen atoms in total. The minimum absolute atomic E-state index is 0.00477. The molecule has 0 radical (unpaired) electrons. The number of hydrogen-bond acceptors (Lipinski definition) is 4. The van der Waals surface area contributed by atoms with E-state index in [-0.39, 0.29) is 12.5 Å². The van der Waals surface area contributed by atoms with Crippen LogP contribution in [0.4, 0.5) is 0 Å². The Morgan fingerprint density at radius 1 is 1.46 bits per heavy atom. The summed E-state index contributed by atoms with van der Waals surface area (Å²) in [6.45, 7) is 3.50. The van der Waals surface area contributed by atoms with E-state index >= 15 is 0 Å². The fourth-order valence-corrected chi connectivity index (χ4v) is 3.11. The predicted octanol–water partition coefficient (Wildman–Crippen LogP) is 1.29. The molecule has 1 fully saturated rings. The van der Waals surface area contributed by atoms with Gasteiger partial charge in [-0.1, -0.05) is 6.07 Å². The van der Waals surface area contributed by atoms with E-state index in [1.165, 1.54) is 4.88 Å². The van der Waals surface area contributed by atoms with Crippen LogP contribution in [0.15, 0.2) is 22.5 Å². The molecule has 1 aromatic heterocycles. The number of carbonyl (C=O) groups is 1. The van der Waals surface area contributed by atoms with E-state index in [0.29, 0.717) is 5.92 Å². The Labute approximate surface area is 148 Å². The lowest BCUT2D eigenvalue weighted by Gasteiger charge is -2.23. The highest BCUT2D eigenvalue weighted by Gasteiger charge is 2.17. The molecule has 1 aliphatic heterocycles. The first-order valence-electron chi connectivity index (χ1n) is 8.36. The predicted molar refractivity (Wildman–Crippen MR) is 98.6 cm³/mol. The van der Waals surface area contributed by atoms with Crippen LogP contribution in [-0.4, -0.2) is 75.7 Å². The topological polar surface area (TPSA) is 57.2 Å². The first-order valence-corrected chi connectivity index (χ1v) is 9.24. The van der Waals surface area contributed by atoms with Gasteiger partial charge in [0.25, 0.3) is 0 Å². The lowest BCUT2D eigenvalue weighted by atomic mass is 10.1. The van der Waals surface area contributed by atoms with Crippen molar-refractivity contribution in [3.63, 3.8) is 0 Å². The third-order valence-corrected chi connectivity index (χ3v) is 5.01. The average Bonchev–Trinajstić information content (AvgIpc) is 3.25. The molecule has 1 amide bonds. The molecule has 0 spiro atoms. The van der Waals surface area contributed by atoms with Crippen LogP contribution in [0.3, 0.4) is 0 Å². The van der Waals surface area contributed by atoms with Crippen LogP contribution in [0, 0.1) is 5.92 Å². The van der Waals surface area contributed by atoms with Crippen LogP contribution in [0.1, 0.15) is 11.3 Å². The monoisotopic (exact) mass is 352 g/mol. The number of rotatable bonds is 7. The maximum absolute atomic E-state index is 11.8. The van der Waals surface area contributed by atoms with Gasteiger partial charge in [-0.25, -0.2) is 4.99 Å². The maximum Gasteiger partial charge on any atom is 0.243 e. The van der Waals surface area contributed by atoms with Crippen LogP contribution in [0.5, 0.6) is 0 Å². The lowest BCUT2D eigenvalue weighted by molar-refractivity contribution is -0.127. The van der Waals surface area contributed by atoms with Gasteiger partial charge in [0.2, 0.25) is 5.91 Å². The molecule has 7 heteroatoms. The summed E-state index contributed by atoms with van der Waals surface area (Å²) in [7, 11) is 5.52. The van der Waals surface area contributed by atoms with Crippen molar-refractivity contribution in [3.8, 4) is 0 Å². The molecule has 0 aliphatic carbocycles. The SMILES string of the molecule is CN(C)C(=O)CN=C(NCC1CCOC1)N(C)CCc1cccs1. The summed E-state index contributed by atoms with van der Waals surface area (Å²) in [5.41, 5.74) is 0. The third-order valence-electron chi connectivity index (χ3n) is 4.07. The highest BCUT2D eigenvalue weighted by Crippen LogP contribution is 2.11. The first kappa shape index (κ1) is 18.7. The Kier molecular flexibility index (Phi) is 7.52. The Hall–Kier alpha value is -1.60. The van der Waals surface area contributed by atoms with E-state index in [1.807, 2.05) is 7.05 Å². The third kappa shape index (κ3) is 6.13. The van der Waals surface area contributed by atoms with Crippen molar-refractivity contribution >= 4 is 23.2 Å². The summed E-state index contributed by atoms with van der Waals surface area (Å²) in [4.78, 5) is 21.4. The molecular formula is C17H28N4O2S. The average molecular weight is 353 g/mol. The second kappa shape index (κ2) is 9.64. The number of guanidine groups is 1. The van der Waals surface area contributed by atoms with Gasteiger partial charge in [0.1, 0.15) is 6.54 Å². The molecule has 0 saturated carbocycles. The van der Waals surface area contributed by atoms with E-state index < -0.39 is 0 Å². The largest absolute Gasteiger partial charge is 0.381 e. The van der Waals surface area contributed by atoms with Crippen LogP contribution in [-0.2, 0) is 16.0 Å². The molecule has 1 atom stereocenters. The van der Waals surface area contributed by atoms with Gasteiger partial charge >= 0.3 is 0 Å². The molecule has 1 aromatic rings. The second-order valence-corrected chi connectivity index (χ2v) is 7.32. The van der Waals surface area contributed by atoms with E-state index in [2.05, 4.69) is 32.7 Å². The molecule has 134 valence electrons. The number of carbonyl (C=O) groups excluding carboxylic acids is 1. The van der Waals surface area contributed by atoms with Gasteiger partial charge in [-0.15, -0.1) is 11.3 Å². The zero-order valence-electron chi connectivity index (χ0n) is 14.8. The number of hydrogen-bond donors (Lipinski definition) is 1. The summed E-state index contributed by atoms with van der Waals surface area (Å²) in [5.74, 6) is 1.31. The Balaban J connectivity index is 1.91. The van der Waals surface area contributed by atoms with Gasteiger partial charge in [-0.05, 0) is 24.3 Å². The summed E-state index contributed by atoms with van der Waals surface area (Å²) >= 11 is 1.77. The minimum atomic E-state index is 0.00477. The summed E-state index contributed by atoms with van der Waals surface area (Å²) in [6.07, 6.45) is 2.05. The zero-order valence-corrected chi connectivity index (χ0v) is 15.6. The van der Waals surface area contributed by atoms with Crippen molar-refractivity contribution in [3.05, 3.63) is 22.4 Å². The fraction of sp³-hybridized carbons (Fsp3) is 0.647. The summed E-state index contributed by atoms with van der Waals surface area (Å²) in [5, 5.41) is 5.51. The lowest BCUT2D eigenvalue weighted by Crippen LogP contribution is -2.42. The van der Waals surface area contributed by atoms with Crippen molar-refractivity contribution in [2.75, 3.05) is 54.0 Å². The van der Waals surface area contributed by atoms with E-state index in [0.717, 1.165) is 45.1 Å². The van der Waals surface area contributed by atoms with E-state index in [4.69, 9.17) is 4.74 Å². The smallest absolute Gasteiger partial charge is 0.243 e. The van der Waals surface area contributed by atoms with Gasteiger partial charge in [-0.2, -0.15) is 0 Å². The fourth-order valence-electron chi connectivity index (χ4n) is 2.41. The molecule has 0 bridgehead atoms. The molecule has 1 N–H and O–H groups in total. The van der Waals surface area contributed by atoms with Crippen LogP contribution < -0.4 is 5.32 Å². The molecule has 24 heavy (non-hydrogen) atoms. The van der Waals surface area contributed by atoms with Crippen LogP contribution >= 0.6 is 11.3 Å². The number of ether oxygens (including phenoxy) is 1. The number of nitrogens with zero attached hydrogens (tertiary/aromatic N) is 3. The van der Waals surface area contributed by atoms with Crippen LogP contribution in [0.2, 0.25) is 0 Å². The zero-order chi connectivity index (χ0) is 17.4. The van der Waals surface area contributed by atoms with Crippen molar-refractivity contribution < 1.29 is 9.53 Å². The van der Waals surface area contributed by atoms with Gasteiger partial charge < -0.3 is 19.9 Å². The normalized spacial score (nSPS) is 17.8. The van der Waals surface area contributed by atoms with Crippen molar-refractivity contribution in [2.24, 2.45) is 10.9 Å². The van der Waals surface area contributed by atoms with E-state index in [9.17, 15) is 4.79 Å². The Bertz CT molecular complexity index is 525. The summed E-state index contributed by atoms with van der Waals surface area (Å²) < 4.78 is 5.42. The van der Waals surface area contributed by atoms with Gasteiger partial charge in [-0.3, -0.25) is 4.79 Å². The highest BCUT2D eigenvalue weighted by molar-refractivity contribution is 7.09. The Morgan fingerprint density at radius 3 is 2.92 bits per heavy atom. The molecule has 2 heterocycles. The first-order chi connectivity index (χ1) is 11.6. The molecule has 1 aliphatic rings. The minimum Gasteiger partial charge on any atom is -0.381 e. The number of aliphatic imine (C=N–C) groups is 1. The maximum atomic E-state index is 11.8. The molecule has 1 unspecified atom stereocenters. The standard InChI is InChI=1S/C17H28N4O2S/c1-20(2)16(22)12-19-17(18-11-14-7-9-23-13-14)21(3)8-6-15-5-4-10-24-15/h4-5,10,14H,6-9,11-13H2,1-3H3,(H,18,19). The highest BCUT2D eigenvalue weighted by atomic mass is 32.1. The quantitative estimate of drug-likeness (QED) is 0.593. The molecule has 1 saturated heterocycles. The van der Waals surface area contributed by atoms with E-state index in [1.54, 1.807) is 30.3 Å². The number of thiophene rings is 1. The number of amides is 1. The molecular weight excluding hydrogens is 324 g/mol. The van der Waals surface area contributed by atoms with Crippen molar-refractivity contribution in [1.29, 1.82) is 0 Å². The van der Waals surface area contributed by atoms with Crippen molar-refractivity contribution in [2.45, 2.75) is 12.8 Å². The Morgan fingerprint density at radius 2 is 2.29 bits per heavy atom.